The van der Waals surface area contributed by atoms with E-state index < -0.39 is 0 Å². The monoisotopic (exact) mass is 394 g/mol. The summed E-state index contributed by atoms with van der Waals surface area (Å²) < 4.78 is 4.10. The molecule has 30 heavy (non-hydrogen) atoms. The predicted octanol–water partition coefficient (Wildman–Crippen LogP) is 4.33. The fourth-order valence-electron chi connectivity index (χ4n) is 3.85. The molecule has 0 fully saturated rings. The van der Waals surface area contributed by atoms with Crippen LogP contribution in [0, 0.1) is 6.92 Å². The molecule has 0 saturated heterocycles. The summed E-state index contributed by atoms with van der Waals surface area (Å²) in [5.41, 5.74) is 12.1. The number of hydrogen-bond acceptors (Lipinski definition) is 3. The quantitative estimate of drug-likeness (QED) is 0.463. The van der Waals surface area contributed by atoms with Crippen LogP contribution in [-0.2, 0) is 5.54 Å². The summed E-state index contributed by atoms with van der Waals surface area (Å²) >= 11 is 0. The Morgan fingerprint density at radius 3 is 2.37 bits per heavy atom. The lowest BCUT2D eigenvalue weighted by Gasteiger charge is -2.18. The van der Waals surface area contributed by atoms with Gasteiger partial charge in [-0.1, -0.05) is 47.1 Å². The first-order valence-electron chi connectivity index (χ1n) is 10.1. The van der Waals surface area contributed by atoms with Crippen molar-refractivity contribution in [3.63, 3.8) is 0 Å². The second-order valence-electron chi connectivity index (χ2n) is 8.26. The Morgan fingerprint density at radius 2 is 1.67 bits per heavy atom. The summed E-state index contributed by atoms with van der Waals surface area (Å²) in [4.78, 5) is 4.73. The highest BCUT2D eigenvalue weighted by Gasteiger charge is 2.22. The van der Waals surface area contributed by atoms with E-state index in [0.717, 1.165) is 44.8 Å². The molecule has 3 heterocycles. The molecule has 0 spiro atoms. The number of nitrogens with zero attached hydrogens (tertiary/aromatic N) is 4. The van der Waals surface area contributed by atoms with Crippen molar-refractivity contribution in [2.24, 2.45) is 5.73 Å². The smallest absolute Gasteiger partial charge is 0.280 e. The molecule has 5 nitrogen and oxygen atoms in total. The van der Waals surface area contributed by atoms with E-state index in [-0.39, 0.29) is 5.54 Å². The summed E-state index contributed by atoms with van der Waals surface area (Å²) in [6.45, 7) is 6.03. The lowest BCUT2D eigenvalue weighted by molar-refractivity contribution is -0.519. The standard InChI is InChI=1S/C25H24N5/c1-17-28-30(21-11-9-20(10-12-21)25(2,3)26)24-22-15-19(18-7-5-4-6-8-18)16-27-23(22)13-14-29(17)24/h4-16H,26H2,1-3H3/q+1. The number of rotatable bonds is 3. The van der Waals surface area contributed by atoms with E-state index in [9.17, 15) is 0 Å². The number of hydrogen-bond donors (Lipinski definition) is 1. The topological polar surface area (TPSA) is 60.8 Å². The number of nitrogens with two attached hydrogens (primary N) is 1. The van der Waals surface area contributed by atoms with Gasteiger partial charge in [0.1, 0.15) is 5.69 Å². The van der Waals surface area contributed by atoms with Gasteiger partial charge >= 0.3 is 0 Å². The van der Waals surface area contributed by atoms with Crippen molar-refractivity contribution >= 4 is 16.6 Å². The Morgan fingerprint density at radius 1 is 0.933 bits per heavy atom. The molecule has 2 aromatic carbocycles. The van der Waals surface area contributed by atoms with Crippen LogP contribution in [0.15, 0.2) is 79.1 Å². The summed E-state index contributed by atoms with van der Waals surface area (Å²) in [6, 6.07) is 22.8. The van der Waals surface area contributed by atoms with Crippen LogP contribution in [0.5, 0.6) is 0 Å². The van der Waals surface area contributed by atoms with Gasteiger partial charge in [0.15, 0.2) is 0 Å². The maximum absolute atomic E-state index is 6.25. The molecule has 2 N–H and O–H groups in total. The highest BCUT2D eigenvalue weighted by molar-refractivity contribution is 5.92. The van der Waals surface area contributed by atoms with E-state index in [1.54, 1.807) is 0 Å². The van der Waals surface area contributed by atoms with Gasteiger partial charge in [0.05, 0.1) is 17.1 Å². The Kier molecular flexibility index (Phi) is 4.15. The van der Waals surface area contributed by atoms with Crippen LogP contribution < -0.4 is 10.1 Å². The molecule has 5 heteroatoms. The van der Waals surface area contributed by atoms with Crippen LogP contribution in [0.25, 0.3) is 33.4 Å². The third kappa shape index (κ3) is 3.04. The Hall–Kier alpha value is -3.57. The molecule has 148 valence electrons. The molecule has 0 saturated carbocycles. The average Bonchev–Trinajstić information content (AvgIpc) is 3.10. The molecule has 0 unspecified atom stereocenters. The number of aromatic nitrogens is 4. The molecular weight excluding hydrogens is 370 g/mol. The van der Waals surface area contributed by atoms with Crippen molar-refractivity contribution in [2.75, 3.05) is 0 Å². The highest BCUT2D eigenvalue weighted by Crippen LogP contribution is 2.26. The lowest BCUT2D eigenvalue weighted by atomic mass is 9.96. The van der Waals surface area contributed by atoms with Crippen LogP contribution in [0.3, 0.4) is 0 Å². The molecule has 0 amide bonds. The molecule has 0 aliphatic rings. The van der Waals surface area contributed by atoms with Gasteiger partial charge in [0.2, 0.25) is 0 Å². The van der Waals surface area contributed by atoms with Crippen molar-refractivity contribution in [1.29, 1.82) is 0 Å². The second kappa shape index (κ2) is 6.75. The normalized spacial score (nSPS) is 12.0. The van der Waals surface area contributed by atoms with E-state index in [0.29, 0.717) is 0 Å². The molecular formula is C25H24N5+. The highest BCUT2D eigenvalue weighted by atomic mass is 15.4. The third-order valence-corrected chi connectivity index (χ3v) is 5.53. The Labute approximate surface area is 175 Å². The molecule has 5 rings (SSSR count). The third-order valence-electron chi connectivity index (χ3n) is 5.53. The van der Waals surface area contributed by atoms with Gasteiger partial charge in [-0.25, -0.2) is 4.40 Å². The van der Waals surface area contributed by atoms with E-state index in [4.69, 9.17) is 15.8 Å². The van der Waals surface area contributed by atoms with Gasteiger partial charge in [-0.05, 0) is 49.2 Å². The largest absolute Gasteiger partial charge is 0.322 e. The summed E-state index contributed by atoms with van der Waals surface area (Å²) in [7, 11) is 0. The average molecular weight is 395 g/mol. The van der Waals surface area contributed by atoms with E-state index >= 15 is 0 Å². The Bertz CT molecular complexity index is 1360. The van der Waals surface area contributed by atoms with Gasteiger partial charge < -0.3 is 5.73 Å². The first-order chi connectivity index (χ1) is 14.4. The van der Waals surface area contributed by atoms with Crippen molar-refractivity contribution in [3.8, 4) is 16.8 Å². The van der Waals surface area contributed by atoms with Crippen molar-refractivity contribution in [1.82, 2.24) is 14.8 Å². The van der Waals surface area contributed by atoms with Crippen LogP contribution in [0.4, 0.5) is 0 Å². The number of pyridine rings is 2. The SMILES string of the molecule is Cc1nn(-c2ccc(C(C)(C)N)cc2)c2c3cc(-c4ccccc4)cnc3cc[n+]12. The minimum Gasteiger partial charge on any atom is -0.322 e. The first kappa shape index (κ1) is 18.5. The van der Waals surface area contributed by atoms with E-state index in [1.165, 1.54) is 0 Å². The number of benzene rings is 2. The molecule has 0 radical (unpaired) electrons. The van der Waals surface area contributed by atoms with Gasteiger partial charge in [-0.15, -0.1) is 0 Å². The molecule has 0 aliphatic carbocycles. The number of aryl methyl sites for hydroxylation is 1. The summed E-state index contributed by atoms with van der Waals surface area (Å²) in [6.07, 6.45) is 3.96. The van der Waals surface area contributed by atoms with Crippen LogP contribution in [-0.4, -0.2) is 14.8 Å². The van der Waals surface area contributed by atoms with Crippen molar-refractivity contribution < 1.29 is 4.40 Å². The maximum atomic E-state index is 6.25. The van der Waals surface area contributed by atoms with E-state index in [2.05, 4.69) is 46.9 Å². The molecule has 0 bridgehead atoms. The first-order valence-corrected chi connectivity index (χ1v) is 10.1. The van der Waals surface area contributed by atoms with Crippen LogP contribution in [0.2, 0.25) is 0 Å². The van der Waals surface area contributed by atoms with Crippen molar-refractivity contribution in [2.45, 2.75) is 26.3 Å². The van der Waals surface area contributed by atoms with Gasteiger partial charge in [-0.3, -0.25) is 4.98 Å². The molecule has 5 aromatic rings. The lowest BCUT2D eigenvalue weighted by Crippen LogP contribution is -2.28. The van der Waals surface area contributed by atoms with Gasteiger partial charge in [-0.2, -0.15) is 0 Å². The molecule has 3 aromatic heterocycles. The summed E-state index contributed by atoms with van der Waals surface area (Å²) in [5, 5.41) is 5.88. The predicted molar refractivity (Wildman–Crippen MR) is 119 cm³/mol. The maximum Gasteiger partial charge on any atom is 0.280 e. The van der Waals surface area contributed by atoms with Crippen LogP contribution >= 0.6 is 0 Å². The van der Waals surface area contributed by atoms with E-state index in [1.807, 2.05) is 62.1 Å². The zero-order valence-corrected chi connectivity index (χ0v) is 17.4. The fraction of sp³-hybridized carbons (Fsp3) is 0.160. The fourth-order valence-corrected chi connectivity index (χ4v) is 3.85. The minimum absolute atomic E-state index is 0.378. The zero-order chi connectivity index (χ0) is 20.9. The van der Waals surface area contributed by atoms with Crippen molar-refractivity contribution in [3.05, 3.63) is 90.5 Å². The zero-order valence-electron chi connectivity index (χ0n) is 17.4. The summed E-state index contributed by atoms with van der Waals surface area (Å²) in [5.74, 6) is 0.917. The van der Waals surface area contributed by atoms with Gasteiger partial charge in [0, 0.05) is 29.3 Å². The van der Waals surface area contributed by atoms with Crippen LogP contribution in [0.1, 0.15) is 25.2 Å². The Balaban J connectivity index is 1.75. The van der Waals surface area contributed by atoms with Gasteiger partial charge in [0.25, 0.3) is 11.5 Å². The second-order valence-corrected chi connectivity index (χ2v) is 8.26. The minimum atomic E-state index is -0.378. The number of fused-ring (bicyclic) bond motifs is 3. The molecule has 0 aliphatic heterocycles. The molecule has 0 atom stereocenters.